The lowest BCUT2D eigenvalue weighted by atomic mass is 9.72. The Kier molecular flexibility index (Phi) is 6.05. The smallest absolute Gasteiger partial charge is 0.378 e. The number of hydrogen-bond donors (Lipinski definition) is 1. The number of halogens is 3. The molecule has 31 heavy (non-hydrogen) atoms. The van der Waals surface area contributed by atoms with E-state index in [1.54, 1.807) is 31.3 Å². The van der Waals surface area contributed by atoms with Gasteiger partial charge in [0.25, 0.3) is 0 Å². The van der Waals surface area contributed by atoms with E-state index >= 15 is 0 Å². The van der Waals surface area contributed by atoms with E-state index < -0.39 is 18.2 Å². The Bertz CT molecular complexity index is 1080. The van der Waals surface area contributed by atoms with E-state index in [9.17, 15) is 18.3 Å². The average Bonchev–Trinajstić information content (AvgIpc) is 2.77. The molecule has 2 aromatic carbocycles. The van der Waals surface area contributed by atoms with Gasteiger partial charge in [0.05, 0.1) is 16.9 Å². The zero-order valence-electron chi connectivity index (χ0n) is 17.2. The number of aryl methyl sites for hydroxylation is 1. The van der Waals surface area contributed by atoms with Crippen LogP contribution in [0, 0.1) is 12.8 Å². The highest BCUT2D eigenvalue weighted by Crippen LogP contribution is 2.42. The summed E-state index contributed by atoms with van der Waals surface area (Å²) in [6, 6.07) is 14.7. The normalized spacial score (nSPS) is 21.3. The average molecular weight is 427 g/mol. The van der Waals surface area contributed by atoms with Crippen molar-refractivity contribution in [3.05, 3.63) is 66.1 Å². The van der Waals surface area contributed by atoms with Crippen molar-refractivity contribution >= 4 is 22.3 Å². The molecule has 3 unspecified atom stereocenters. The Morgan fingerprint density at radius 2 is 1.81 bits per heavy atom. The molecule has 4 rings (SSSR count). The molecule has 1 fully saturated rings. The minimum absolute atomic E-state index is 0.126. The molecule has 1 saturated carbocycles. The molecule has 1 aromatic heterocycles. The molecule has 7 heteroatoms. The molecule has 1 aliphatic carbocycles. The lowest BCUT2D eigenvalue weighted by molar-refractivity contribution is -0.182. The van der Waals surface area contributed by atoms with E-state index in [-0.39, 0.29) is 11.6 Å². The predicted molar refractivity (Wildman–Crippen MR) is 115 cm³/mol. The fourth-order valence-corrected chi connectivity index (χ4v) is 4.47. The number of aromatic nitrogens is 2. The van der Waals surface area contributed by atoms with Gasteiger partial charge in [-0.3, -0.25) is 4.99 Å². The number of alkyl halides is 3. The van der Waals surface area contributed by atoms with Gasteiger partial charge in [-0.2, -0.15) is 13.2 Å². The highest BCUT2D eigenvalue weighted by molar-refractivity contribution is 5.98. The van der Waals surface area contributed by atoms with E-state index in [1.165, 1.54) is 0 Å². The maximum absolute atomic E-state index is 13.7. The topological polar surface area (TPSA) is 58.4 Å². The Balaban J connectivity index is 1.85. The number of benzene rings is 2. The van der Waals surface area contributed by atoms with Crippen LogP contribution in [0.5, 0.6) is 0 Å². The van der Waals surface area contributed by atoms with Gasteiger partial charge in [-0.15, -0.1) is 0 Å². The molecule has 0 spiro atoms. The Hall–Kier alpha value is -2.80. The van der Waals surface area contributed by atoms with Gasteiger partial charge in [-0.05, 0) is 43.4 Å². The van der Waals surface area contributed by atoms with Crippen LogP contribution in [-0.4, -0.2) is 33.1 Å². The van der Waals surface area contributed by atoms with Crippen LogP contribution in [-0.2, 0) is 0 Å². The molecule has 162 valence electrons. The van der Waals surface area contributed by atoms with Crippen molar-refractivity contribution < 1.29 is 18.3 Å². The lowest BCUT2D eigenvalue weighted by Crippen LogP contribution is -2.42. The fraction of sp³-hybridized carbons (Fsp3) is 0.375. The van der Waals surface area contributed by atoms with E-state index in [4.69, 9.17) is 0 Å². The maximum atomic E-state index is 13.7. The van der Waals surface area contributed by atoms with Crippen molar-refractivity contribution in [2.45, 2.75) is 50.8 Å². The molecule has 1 heterocycles. The summed E-state index contributed by atoms with van der Waals surface area (Å²) in [5.74, 6) is -0.0610. The number of nitrogens with zero attached hydrogens (tertiary/aromatic N) is 3. The lowest BCUT2D eigenvalue weighted by Gasteiger charge is -2.35. The summed E-state index contributed by atoms with van der Waals surface area (Å²) in [6.07, 6.45) is -2.80. The molecular weight excluding hydrogens is 403 g/mol. The molecule has 4 nitrogen and oxygen atoms in total. The van der Waals surface area contributed by atoms with Gasteiger partial charge in [0.15, 0.2) is 6.10 Å². The predicted octanol–water partition coefficient (Wildman–Crippen LogP) is 5.91. The first-order chi connectivity index (χ1) is 14.8. The second kappa shape index (κ2) is 8.75. The van der Waals surface area contributed by atoms with Crippen LogP contribution >= 0.6 is 0 Å². The van der Waals surface area contributed by atoms with Crippen molar-refractivity contribution in [1.29, 1.82) is 0 Å². The van der Waals surface area contributed by atoms with Gasteiger partial charge in [0.1, 0.15) is 5.82 Å². The fourth-order valence-electron chi connectivity index (χ4n) is 4.47. The van der Waals surface area contributed by atoms with Gasteiger partial charge >= 0.3 is 6.18 Å². The van der Waals surface area contributed by atoms with Crippen molar-refractivity contribution in [2.24, 2.45) is 10.9 Å². The zero-order chi connectivity index (χ0) is 22.0. The van der Waals surface area contributed by atoms with Gasteiger partial charge in [0, 0.05) is 17.5 Å². The molecule has 3 atom stereocenters. The largest absolute Gasteiger partial charge is 0.419 e. The van der Waals surface area contributed by atoms with Crippen LogP contribution in [0.3, 0.4) is 0 Å². The molecule has 0 saturated heterocycles. The minimum atomic E-state index is -4.80. The van der Waals surface area contributed by atoms with Gasteiger partial charge in [-0.25, -0.2) is 9.97 Å². The van der Waals surface area contributed by atoms with E-state index in [0.29, 0.717) is 28.8 Å². The van der Waals surface area contributed by atoms with Gasteiger partial charge in [0.2, 0.25) is 0 Å². The summed E-state index contributed by atoms with van der Waals surface area (Å²) in [5, 5.41) is 10.9. The molecule has 3 aromatic rings. The zero-order valence-corrected chi connectivity index (χ0v) is 17.2. The Labute approximate surface area is 178 Å². The van der Waals surface area contributed by atoms with Crippen molar-refractivity contribution in [3.63, 3.8) is 0 Å². The minimum Gasteiger partial charge on any atom is -0.378 e. The second-order valence-electron chi connectivity index (χ2n) is 8.02. The SMILES string of the molecule is Cc1ncc2c(N=C(C3CCCCC3c3ccccc3)C(O)C(F)(F)F)cccc2n1. The van der Waals surface area contributed by atoms with E-state index in [2.05, 4.69) is 15.0 Å². The highest BCUT2D eigenvalue weighted by Gasteiger charge is 2.46. The molecule has 0 aliphatic heterocycles. The van der Waals surface area contributed by atoms with Gasteiger partial charge in [-0.1, -0.05) is 49.2 Å². The van der Waals surface area contributed by atoms with E-state index in [1.807, 2.05) is 30.3 Å². The van der Waals surface area contributed by atoms with Crippen molar-refractivity contribution in [1.82, 2.24) is 9.97 Å². The van der Waals surface area contributed by atoms with Crippen molar-refractivity contribution in [2.75, 3.05) is 0 Å². The molecule has 0 amide bonds. The molecule has 1 N–H and O–H groups in total. The third kappa shape index (κ3) is 4.61. The molecular formula is C24H24F3N3O. The number of fused-ring (bicyclic) bond motifs is 1. The summed E-state index contributed by atoms with van der Waals surface area (Å²) in [5.41, 5.74) is 1.70. The summed E-state index contributed by atoms with van der Waals surface area (Å²) in [7, 11) is 0. The first-order valence-corrected chi connectivity index (χ1v) is 10.4. The van der Waals surface area contributed by atoms with Gasteiger partial charge < -0.3 is 5.11 Å². The number of hydrogen-bond acceptors (Lipinski definition) is 4. The van der Waals surface area contributed by atoms with Crippen LogP contribution in [0.15, 0.2) is 59.7 Å². The number of rotatable bonds is 4. The van der Waals surface area contributed by atoms with Crippen LogP contribution in [0.2, 0.25) is 0 Å². The van der Waals surface area contributed by atoms with Crippen molar-refractivity contribution in [3.8, 4) is 0 Å². The number of aliphatic hydroxyl groups excluding tert-OH is 1. The monoisotopic (exact) mass is 427 g/mol. The van der Waals surface area contributed by atoms with Crippen LogP contribution in [0.4, 0.5) is 18.9 Å². The molecule has 1 aliphatic rings. The number of aliphatic imine (C=N–C) groups is 1. The quantitative estimate of drug-likeness (QED) is 0.527. The Morgan fingerprint density at radius 3 is 2.55 bits per heavy atom. The standard InChI is InChI=1S/C24H24F3N3O/c1-15-28-14-19-20(29-15)12-7-13-21(19)30-22(23(31)24(25,26)27)18-11-6-5-10-17(18)16-8-3-2-4-9-16/h2-4,7-9,12-14,17-18,23,31H,5-6,10-11H2,1H3. The van der Waals surface area contributed by atoms with E-state index in [0.717, 1.165) is 24.8 Å². The summed E-state index contributed by atoms with van der Waals surface area (Å²) in [6.45, 7) is 1.75. The van der Waals surface area contributed by atoms with Crippen LogP contribution < -0.4 is 0 Å². The second-order valence-corrected chi connectivity index (χ2v) is 8.02. The third-order valence-electron chi connectivity index (χ3n) is 5.94. The maximum Gasteiger partial charge on any atom is 0.419 e. The first kappa shape index (κ1) is 21.4. The summed E-state index contributed by atoms with van der Waals surface area (Å²) in [4.78, 5) is 13.0. The highest BCUT2D eigenvalue weighted by atomic mass is 19.4. The van der Waals surface area contributed by atoms with Crippen LogP contribution in [0.1, 0.15) is 43.0 Å². The summed E-state index contributed by atoms with van der Waals surface area (Å²) < 4.78 is 41.1. The number of aliphatic hydroxyl groups is 1. The summed E-state index contributed by atoms with van der Waals surface area (Å²) >= 11 is 0. The van der Waals surface area contributed by atoms with Crippen LogP contribution in [0.25, 0.3) is 10.9 Å². The first-order valence-electron chi connectivity index (χ1n) is 10.4. The Morgan fingerprint density at radius 1 is 1.06 bits per heavy atom. The third-order valence-corrected chi connectivity index (χ3v) is 5.94. The molecule has 0 radical (unpaired) electrons. The molecule has 0 bridgehead atoms.